The zero-order valence-electron chi connectivity index (χ0n) is 12.7. The van der Waals surface area contributed by atoms with Crippen LogP contribution in [0.4, 0.5) is 15.2 Å². The Morgan fingerprint density at radius 2 is 2.16 bits per heavy atom. The second-order valence-electron chi connectivity index (χ2n) is 5.66. The molecular weight excluding hydrogens is 365 g/mol. The lowest BCUT2D eigenvalue weighted by molar-refractivity contribution is -0.123. The summed E-state index contributed by atoms with van der Waals surface area (Å²) >= 11 is 7.26. The van der Waals surface area contributed by atoms with Crippen LogP contribution in [0.15, 0.2) is 36.4 Å². The molecule has 1 atom stereocenters. The minimum absolute atomic E-state index is 0.00118. The van der Waals surface area contributed by atoms with Crippen molar-refractivity contribution in [2.24, 2.45) is 0 Å². The number of fused-ring (bicyclic) bond motifs is 2. The van der Waals surface area contributed by atoms with Crippen molar-refractivity contribution in [1.82, 2.24) is 4.98 Å². The monoisotopic (exact) mass is 375 g/mol. The number of amides is 2. The van der Waals surface area contributed by atoms with Gasteiger partial charge in [0.05, 0.1) is 16.1 Å². The van der Waals surface area contributed by atoms with Crippen LogP contribution < -0.4 is 10.6 Å². The van der Waals surface area contributed by atoms with Crippen LogP contribution in [0.2, 0.25) is 5.02 Å². The maximum atomic E-state index is 13.4. The first-order valence-electron chi connectivity index (χ1n) is 7.46. The highest BCUT2D eigenvalue weighted by Crippen LogP contribution is 2.35. The number of thiazole rings is 1. The number of nitrogens with one attached hydrogen (secondary N) is 2. The first-order valence-corrected chi connectivity index (χ1v) is 8.65. The molecule has 1 aromatic heterocycles. The molecule has 25 heavy (non-hydrogen) atoms. The number of halogens is 2. The van der Waals surface area contributed by atoms with E-state index in [1.165, 1.54) is 29.5 Å². The van der Waals surface area contributed by atoms with Gasteiger partial charge in [-0.2, -0.15) is 0 Å². The Kier molecular flexibility index (Phi) is 3.89. The summed E-state index contributed by atoms with van der Waals surface area (Å²) in [6.45, 7) is 0. The lowest BCUT2D eigenvalue weighted by Crippen LogP contribution is -2.30. The van der Waals surface area contributed by atoms with Gasteiger partial charge < -0.3 is 10.6 Å². The molecule has 126 valence electrons. The van der Waals surface area contributed by atoms with Crippen molar-refractivity contribution in [3.8, 4) is 0 Å². The Morgan fingerprint density at radius 1 is 1.32 bits per heavy atom. The van der Waals surface area contributed by atoms with E-state index in [0.717, 1.165) is 10.2 Å². The molecule has 0 bridgehead atoms. The fourth-order valence-electron chi connectivity index (χ4n) is 2.82. The maximum absolute atomic E-state index is 13.4. The van der Waals surface area contributed by atoms with Gasteiger partial charge in [-0.1, -0.05) is 29.0 Å². The first kappa shape index (κ1) is 16.0. The number of hydrogen-bond acceptors (Lipinski definition) is 4. The zero-order valence-corrected chi connectivity index (χ0v) is 14.2. The van der Waals surface area contributed by atoms with Gasteiger partial charge in [0.15, 0.2) is 5.13 Å². The summed E-state index contributed by atoms with van der Waals surface area (Å²) in [6.07, 6.45) is 0.00118. The average molecular weight is 376 g/mol. The Labute approximate surface area is 150 Å². The third kappa shape index (κ3) is 3.08. The highest BCUT2D eigenvalue weighted by atomic mass is 35.5. The largest absolute Gasteiger partial charge is 0.326 e. The number of anilines is 2. The van der Waals surface area contributed by atoms with E-state index < -0.39 is 11.7 Å². The molecule has 5 nitrogen and oxygen atoms in total. The third-order valence-corrected chi connectivity index (χ3v) is 5.12. The molecule has 2 aromatic carbocycles. The first-order chi connectivity index (χ1) is 12.0. The van der Waals surface area contributed by atoms with E-state index >= 15 is 0 Å². The maximum Gasteiger partial charge on any atom is 0.234 e. The second-order valence-corrected chi connectivity index (χ2v) is 7.12. The topological polar surface area (TPSA) is 71.1 Å². The molecular formula is C17H11ClFN3O2S. The van der Waals surface area contributed by atoms with Crippen molar-refractivity contribution >= 4 is 55.8 Å². The molecule has 3 aromatic rings. The van der Waals surface area contributed by atoms with Gasteiger partial charge in [-0.15, -0.1) is 0 Å². The quantitative estimate of drug-likeness (QED) is 0.706. The molecule has 8 heteroatoms. The standard InChI is InChI=1S/C17H11ClFN3O2S/c18-8-1-4-12-14(5-8)25-17(21-12)22-16(24)11-7-15(23)20-13-6-9(19)2-3-10(11)13/h1-6,11H,7H2,(H,20,23)(H,21,22,24). The minimum Gasteiger partial charge on any atom is -0.326 e. The summed E-state index contributed by atoms with van der Waals surface area (Å²) in [4.78, 5) is 28.8. The van der Waals surface area contributed by atoms with Crippen LogP contribution in [0.5, 0.6) is 0 Å². The van der Waals surface area contributed by atoms with Crippen LogP contribution in [0.3, 0.4) is 0 Å². The molecule has 0 fully saturated rings. The molecule has 0 spiro atoms. The molecule has 4 rings (SSSR count). The van der Waals surface area contributed by atoms with Crippen molar-refractivity contribution < 1.29 is 14.0 Å². The average Bonchev–Trinajstić information content (AvgIpc) is 2.94. The van der Waals surface area contributed by atoms with E-state index in [4.69, 9.17) is 11.6 Å². The zero-order chi connectivity index (χ0) is 17.6. The molecule has 0 aliphatic carbocycles. The summed E-state index contributed by atoms with van der Waals surface area (Å²) in [5, 5.41) is 6.36. The Balaban J connectivity index is 1.63. The predicted molar refractivity (Wildman–Crippen MR) is 95.6 cm³/mol. The number of hydrogen-bond donors (Lipinski definition) is 2. The van der Waals surface area contributed by atoms with Crippen molar-refractivity contribution in [2.45, 2.75) is 12.3 Å². The van der Waals surface area contributed by atoms with Crippen LogP contribution in [-0.2, 0) is 9.59 Å². The van der Waals surface area contributed by atoms with Crippen LogP contribution in [-0.4, -0.2) is 16.8 Å². The third-order valence-electron chi connectivity index (χ3n) is 3.95. The molecule has 1 aliphatic heterocycles. The van der Waals surface area contributed by atoms with Gasteiger partial charge in [-0.3, -0.25) is 9.59 Å². The normalized spacial score (nSPS) is 16.4. The van der Waals surface area contributed by atoms with Crippen molar-refractivity contribution in [3.63, 3.8) is 0 Å². The Morgan fingerprint density at radius 3 is 3.00 bits per heavy atom. The van der Waals surface area contributed by atoms with E-state index in [0.29, 0.717) is 21.4 Å². The van der Waals surface area contributed by atoms with Crippen molar-refractivity contribution in [2.75, 3.05) is 10.6 Å². The number of benzene rings is 2. The van der Waals surface area contributed by atoms with Gasteiger partial charge in [0, 0.05) is 17.1 Å². The molecule has 2 heterocycles. The smallest absolute Gasteiger partial charge is 0.234 e. The summed E-state index contributed by atoms with van der Waals surface area (Å²) in [7, 11) is 0. The Hall–Kier alpha value is -2.51. The fourth-order valence-corrected chi connectivity index (χ4v) is 3.96. The van der Waals surface area contributed by atoms with E-state index in [2.05, 4.69) is 15.6 Å². The van der Waals surface area contributed by atoms with E-state index in [1.54, 1.807) is 18.2 Å². The minimum atomic E-state index is -0.694. The summed E-state index contributed by atoms with van der Waals surface area (Å²) in [5.74, 6) is -1.84. The number of carbonyl (C=O) groups excluding carboxylic acids is 2. The van der Waals surface area contributed by atoms with Gasteiger partial charge >= 0.3 is 0 Å². The van der Waals surface area contributed by atoms with Crippen LogP contribution in [0.1, 0.15) is 17.9 Å². The summed E-state index contributed by atoms with van der Waals surface area (Å²) < 4.78 is 14.2. The van der Waals surface area contributed by atoms with E-state index in [1.807, 2.05) is 0 Å². The number of aromatic nitrogens is 1. The Bertz CT molecular complexity index is 1020. The van der Waals surface area contributed by atoms with Crippen molar-refractivity contribution in [1.29, 1.82) is 0 Å². The SMILES string of the molecule is O=C1CC(C(=O)Nc2nc3ccc(Cl)cc3s2)c2ccc(F)cc2N1. The molecule has 0 saturated heterocycles. The number of carbonyl (C=O) groups is 2. The van der Waals surface area contributed by atoms with Gasteiger partial charge in [-0.25, -0.2) is 9.37 Å². The fraction of sp³-hybridized carbons (Fsp3) is 0.118. The number of nitrogens with zero attached hydrogens (tertiary/aromatic N) is 1. The molecule has 1 unspecified atom stereocenters. The van der Waals surface area contributed by atoms with Gasteiger partial charge in [0.2, 0.25) is 11.8 Å². The summed E-state index contributed by atoms with van der Waals surface area (Å²) in [5.41, 5.74) is 1.64. The van der Waals surface area contributed by atoms with Gasteiger partial charge in [-0.05, 0) is 35.9 Å². The lowest BCUT2D eigenvalue weighted by Gasteiger charge is -2.24. The van der Waals surface area contributed by atoms with Gasteiger partial charge in [0.25, 0.3) is 0 Å². The predicted octanol–water partition coefficient (Wildman–Crippen LogP) is 4.15. The van der Waals surface area contributed by atoms with E-state index in [-0.39, 0.29) is 18.2 Å². The second kappa shape index (κ2) is 6.09. The molecule has 2 amide bonds. The molecule has 2 N–H and O–H groups in total. The molecule has 0 saturated carbocycles. The van der Waals surface area contributed by atoms with Crippen LogP contribution in [0, 0.1) is 5.82 Å². The van der Waals surface area contributed by atoms with Crippen LogP contribution in [0.25, 0.3) is 10.2 Å². The van der Waals surface area contributed by atoms with Gasteiger partial charge in [0.1, 0.15) is 5.82 Å². The lowest BCUT2D eigenvalue weighted by atomic mass is 9.90. The molecule has 1 aliphatic rings. The van der Waals surface area contributed by atoms with E-state index in [9.17, 15) is 14.0 Å². The van der Waals surface area contributed by atoms with Crippen LogP contribution >= 0.6 is 22.9 Å². The highest BCUT2D eigenvalue weighted by molar-refractivity contribution is 7.22. The molecule has 0 radical (unpaired) electrons. The van der Waals surface area contributed by atoms with Crippen molar-refractivity contribution in [3.05, 3.63) is 52.8 Å². The summed E-state index contributed by atoms with van der Waals surface area (Å²) in [6, 6.07) is 9.28. The highest BCUT2D eigenvalue weighted by Gasteiger charge is 2.31. The number of rotatable bonds is 2.